The molecule has 0 bridgehead atoms. The number of benzene rings is 1. The Hall–Kier alpha value is -2.70. The number of hydrogen-bond acceptors (Lipinski definition) is 5. The Labute approximate surface area is 120 Å². The second-order valence-corrected chi connectivity index (χ2v) is 4.17. The van der Waals surface area contributed by atoms with Gasteiger partial charge in [0.15, 0.2) is 17.3 Å². The van der Waals surface area contributed by atoms with Crippen LogP contribution in [-0.4, -0.2) is 23.6 Å². The van der Waals surface area contributed by atoms with Gasteiger partial charge < -0.3 is 10.1 Å². The fraction of sp³-hybridized carbons (Fsp3) is 0.214. The van der Waals surface area contributed by atoms with Crippen molar-refractivity contribution >= 4 is 11.5 Å². The molecule has 1 aromatic carbocycles. The molecule has 1 heterocycles. The van der Waals surface area contributed by atoms with Crippen LogP contribution in [0.15, 0.2) is 30.3 Å². The van der Waals surface area contributed by atoms with Gasteiger partial charge >= 0.3 is 0 Å². The summed E-state index contributed by atoms with van der Waals surface area (Å²) in [6.45, 7) is 2.47. The zero-order valence-corrected chi connectivity index (χ0v) is 11.6. The number of hydrogen-bond donors (Lipinski definition) is 1. The van der Waals surface area contributed by atoms with Crippen LogP contribution in [0.1, 0.15) is 6.92 Å². The van der Waals surface area contributed by atoms with E-state index in [1.54, 1.807) is 6.07 Å². The average molecular weight is 291 g/mol. The van der Waals surface area contributed by atoms with E-state index in [1.165, 1.54) is 31.4 Å². The molecule has 0 aliphatic carbocycles. The summed E-state index contributed by atoms with van der Waals surface area (Å²) in [5, 5.41) is 14.1. The third kappa shape index (κ3) is 2.91. The summed E-state index contributed by atoms with van der Waals surface area (Å²) >= 11 is 0. The van der Waals surface area contributed by atoms with Crippen LogP contribution in [0, 0.1) is 15.9 Å². The Balaban J connectivity index is 2.65. The molecule has 0 aliphatic rings. The molecule has 0 spiro atoms. The van der Waals surface area contributed by atoms with Crippen LogP contribution in [0.5, 0.6) is 5.75 Å². The molecular weight excluding hydrogens is 277 g/mol. The fourth-order valence-electron chi connectivity index (χ4n) is 1.93. The van der Waals surface area contributed by atoms with E-state index in [0.29, 0.717) is 12.4 Å². The summed E-state index contributed by atoms with van der Waals surface area (Å²) in [5.41, 5.74) is -0.264. The van der Waals surface area contributed by atoms with Gasteiger partial charge in [0.25, 0.3) is 5.69 Å². The molecule has 7 heteroatoms. The molecule has 0 unspecified atom stereocenters. The first-order chi connectivity index (χ1) is 10.1. The molecule has 0 saturated carbocycles. The molecule has 1 aromatic heterocycles. The van der Waals surface area contributed by atoms with Crippen molar-refractivity contribution in [1.82, 2.24) is 4.98 Å². The van der Waals surface area contributed by atoms with E-state index in [9.17, 15) is 14.5 Å². The zero-order valence-electron chi connectivity index (χ0n) is 11.6. The van der Waals surface area contributed by atoms with Crippen molar-refractivity contribution in [2.24, 2.45) is 0 Å². The predicted molar refractivity (Wildman–Crippen MR) is 77.0 cm³/mol. The van der Waals surface area contributed by atoms with Crippen LogP contribution in [0.3, 0.4) is 0 Å². The van der Waals surface area contributed by atoms with Gasteiger partial charge in [-0.3, -0.25) is 10.1 Å². The van der Waals surface area contributed by atoms with Crippen molar-refractivity contribution in [2.45, 2.75) is 6.92 Å². The van der Waals surface area contributed by atoms with E-state index in [0.717, 1.165) is 0 Å². The third-order valence-corrected chi connectivity index (χ3v) is 2.87. The number of ether oxygens (including phenoxy) is 1. The minimum Gasteiger partial charge on any atom is -0.494 e. The lowest BCUT2D eigenvalue weighted by atomic mass is 10.1. The molecule has 1 N–H and O–H groups in total. The predicted octanol–water partition coefficient (Wildman–Crippen LogP) is 3.24. The molecule has 0 aliphatic heterocycles. The van der Waals surface area contributed by atoms with Crippen LogP contribution in [0.4, 0.5) is 15.9 Å². The monoisotopic (exact) mass is 291 g/mol. The van der Waals surface area contributed by atoms with Gasteiger partial charge in [-0.1, -0.05) is 6.07 Å². The lowest BCUT2D eigenvalue weighted by Crippen LogP contribution is -2.03. The summed E-state index contributed by atoms with van der Waals surface area (Å²) in [4.78, 5) is 14.7. The number of nitro groups is 1. The number of halogens is 1. The number of nitrogens with zero attached hydrogens (tertiary/aromatic N) is 2. The molecule has 0 amide bonds. The Bertz CT molecular complexity index is 677. The van der Waals surface area contributed by atoms with Crippen molar-refractivity contribution in [3.63, 3.8) is 0 Å². The van der Waals surface area contributed by atoms with Gasteiger partial charge in [-0.2, -0.15) is 0 Å². The van der Waals surface area contributed by atoms with Gasteiger partial charge in [-0.25, -0.2) is 9.37 Å². The molecule has 2 rings (SSSR count). The Kier molecular flexibility index (Phi) is 4.32. The van der Waals surface area contributed by atoms with E-state index in [-0.39, 0.29) is 22.7 Å². The maximum Gasteiger partial charge on any atom is 0.295 e. The van der Waals surface area contributed by atoms with Crippen LogP contribution < -0.4 is 10.1 Å². The minimum absolute atomic E-state index is 0.0115. The molecule has 6 nitrogen and oxygen atoms in total. The van der Waals surface area contributed by atoms with Gasteiger partial charge in [0.1, 0.15) is 5.82 Å². The highest BCUT2D eigenvalue weighted by Gasteiger charge is 2.22. The lowest BCUT2D eigenvalue weighted by molar-refractivity contribution is -0.384. The van der Waals surface area contributed by atoms with Crippen molar-refractivity contribution < 1.29 is 14.1 Å². The maximum atomic E-state index is 14.3. The molecule has 0 fully saturated rings. The highest BCUT2D eigenvalue weighted by molar-refractivity contribution is 5.73. The van der Waals surface area contributed by atoms with Gasteiger partial charge in [0.2, 0.25) is 0 Å². The largest absolute Gasteiger partial charge is 0.494 e. The van der Waals surface area contributed by atoms with Crippen LogP contribution in [-0.2, 0) is 0 Å². The van der Waals surface area contributed by atoms with Crippen LogP contribution in [0.2, 0.25) is 0 Å². The Morgan fingerprint density at radius 3 is 2.76 bits per heavy atom. The third-order valence-electron chi connectivity index (χ3n) is 2.87. The first kappa shape index (κ1) is 14.7. The highest BCUT2D eigenvalue weighted by Crippen LogP contribution is 2.34. The zero-order chi connectivity index (χ0) is 15.4. The number of anilines is 1. The topological polar surface area (TPSA) is 77.3 Å². The maximum absolute atomic E-state index is 14.3. The van der Waals surface area contributed by atoms with Crippen molar-refractivity contribution in [2.75, 3.05) is 19.0 Å². The summed E-state index contributed by atoms with van der Waals surface area (Å²) in [7, 11) is 1.33. The quantitative estimate of drug-likeness (QED) is 0.676. The molecule has 0 atom stereocenters. The van der Waals surface area contributed by atoms with E-state index in [4.69, 9.17) is 4.74 Å². The SMILES string of the molecule is CCNc1ccc([N+](=O)[O-])c(-c2cccc(OC)c2F)n1. The number of pyridine rings is 1. The van der Waals surface area contributed by atoms with Crippen LogP contribution >= 0.6 is 0 Å². The first-order valence-electron chi connectivity index (χ1n) is 6.30. The van der Waals surface area contributed by atoms with Crippen molar-refractivity contribution in [1.29, 1.82) is 0 Å². The Morgan fingerprint density at radius 2 is 2.14 bits per heavy atom. The normalized spacial score (nSPS) is 10.2. The summed E-state index contributed by atoms with van der Waals surface area (Å²) in [6, 6.07) is 7.23. The molecule has 0 radical (unpaired) electrons. The molecule has 2 aromatic rings. The van der Waals surface area contributed by atoms with Gasteiger partial charge in [-0.05, 0) is 25.1 Å². The Morgan fingerprint density at radius 1 is 1.38 bits per heavy atom. The van der Waals surface area contributed by atoms with E-state index in [2.05, 4.69) is 10.3 Å². The number of rotatable bonds is 5. The second-order valence-electron chi connectivity index (χ2n) is 4.17. The van der Waals surface area contributed by atoms with E-state index in [1.807, 2.05) is 6.92 Å². The molecule has 21 heavy (non-hydrogen) atoms. The fourth-order valence-corrected chi connectivity index (χ4v) is 1.93. The molecule has 110 valence electrons. The highest BCUT2D eigenvalue weighted by atomic mass is 19.1. The number of methoxy groups -OCH3 is 1. The standard InChI is InChI=1S/C14H14FN3O3/c1-3-16-12-8-7-10(18(19)20)14(17-12)9-5-4-6-11(21-2)13(9)15/h4-8H,3H2,1-2H3,(H,16,17). The lowest BCUT2D eigenvalue weighted by Gasteiger charge is -2.09. The minimum atomic E-state index is -0.677. The smallest absolute Gasteiger partial charge is 0.295 e. The van der Waals surface area contributed by atoms with Crippen LogP contribution in [0.25, 0.3) is 11.3 Å². The molecule has 0 saturated heterocycles. The van der Waals surface area contributed by atoms with E-state index < -0.39 is 10.7 Å². The second kappa shape index (κ2) is 6.17. The van der Waals surface area contributed by atoms with E-state index >= 15 is 0 Å². The molecular formula is C14H14FN3O3. The summed E-state index contributed by atoms with van der Waals surface area (Å²) < 4.78 is 19.2. The van der Waals surface area contributed by atoms with Gasteiger partial charge in [-0.15, -0.1) is 0 Å². The summed E-state index contributed by atoms with van der Waals surface area (Å²) in [6.07, 6.45) is 0. The number of aromatic nitrogens is 1. The summed E-state index contributed by atoms with van der Waals surface area (Å²) in [5.74, 6) is -0.220. The van der Waals surface area contributed by atoms with Crippen molar-refractivity contribution in [3.8, 4) is 17.0 Å². The number of nitrogens with one attached hydrogen (secondary N) is 1. The van der Waals surface area contributed by atoms with Gasteiger partial charge in [0.05, 0.1) is 12.0 Å². The van der Waals surface area contributed by atoms with Gasteiger partial charge in [0, 0.05) is 18.2 Å². The van der Waals surface area contributed by atoms with Crippen molar-refractivity contribution in [3.05, 3.63) is 46.3 Å². The average Bonchev–Trinajstić information content (AvgIpc) is 2.47. The first-order valence-corrected chi connectivity index (χ1v) is 6.30.